The van der Waals surface area contributed by atoms with E-state index in [4.69, 9.17) is 11.6 Å². The van der Waals surface area contributed by atoms with E-state index in [9.17, 15) is 4.39 Å². The summed E-state index contributed by atoms with van der Waals surface area (Å²) in [6, 6.07) is 12.4. The molecule has 128 valence electrons. The lowest BCUT2D eigenvalue weighted by Crippen LogP contribution is -2.08. The molecule has 0 N–H and O–H groups in total. The van der Waals surface area contributed by atoms with Crippen molar-refractivity contribution in [2.45, 2.75) is 20.8 Å². The van der Waals surface area contributed by atoms with Gasteiger partial charge in [-0.05, 0) is 68.8 Å². The molecule has 0 aliphatic carbocycles. The summed E-state index contributed by atoms with van der Waals surface area (Å²) in [5.74, 6) is 6.06. The van der Waals surface area contributed by atoms with Gasteiger partial charge in [0, 0.05) is 35.1 Å². The monoisotopic (exact) mass is 353 g/mol. The summed E-state index contributed by atoms with van der Waals surface area (Å²) in [6.45, 7) is 5.90. The molecule has 2 aromatic rings. The number of rotatable bonds is 3. The molecule has 0 spiro atoms. The Morgan fingerprint density at radius 1 is 1.16 bits per heavy atom. The second-order valence-electron chi connectivity index (χ2n) is 6.09. The van der Waals surface area contributed by atoms with Gasteiger partial charge in [-0.1, -0.05) is 35.1 Å². The second kappa shape index (κ2) is 8.55. The predicted octanol–water partition coefficient (Wildman–Crippen LogP) is 6.13. The van der Waals surface area contributed by atoms with Crippen LogP contribution in [-0.4, -0.2) is 7.05 Å². The molecular weight excluding hydrogens is 333 g/mol. The Kier molecular flexibility index (Phi) is 6.44. The van der Waals surface area contributed by atoms with Crippen LogP contribution >= 0.6 is 11.6 Å². The zero-order valence-electron chi connectivity index (χ0n) is 14.9. The van der Waals surface area contributed by atoms with Crippen molar-refractivity contribution in [2.75, 3.05) is 11.9 Å². The molecule has 0 amide bonds. The van der Waals surface area contributed by atoms with Gasteiger partial charge in [0.05, 0.1) is 0 Å². The predicted molar refractivity (Wildman–Crippen MR) is 105 cm³/mol. The third-order valence-corrected chi connectivity index (χ3v) is 3.84. The Morgan fingerprint density at radius 3 is 2.56 bits per heavy atom. The number of hydrogen-bond acceptors (Lipinski definition) is 1. The van der Waals surface area contributed by atoms with Gasteiger partial charge in [-0.25, -0.2) is 4.39 Å². The molecule has 0 aliphatic rings. The van der Waals surface area contributed by atoms with Crippen LogP contribution < -0.4 is 4.90 Å². The van der Waals surface area contributed by atoms with Gasteiger partial charge in [0.15, 0.2) is 0 Å². The van der Waals surface area contributed by atoms with E-state index in [0.717, 1.165) is 28.0 Å². The maximum atomic E-state index is 13.6. The number of anilines is 1. The molecule has 0 radical (unpaired) electrons. The van der Waals surface area contributed by atoms with Crippen molar-refractivity contribution < 1.29 is 4.39 Å². The van der Waals surface area contributed by atoms with E-state index in [1.807, 2.05) is 75.3 Å². The highest BCUT2D eigenvalue weighted by molar-refractivity contribution is 6.30. The number of allylic oxidation sites excluding steroid dienone is 3. The summed E-state index contributed by atoms with van der Waals surface area (Å²) < 4.78 is 13.6. The van der Waals surface area contributed by atoms with E-state index in [1.165, 1.54) is 12.1 Å². The van der Waals surface area contributed by atoms with Crippen LogP contribution in [0.4, 0.5) is 10.1 Å². The van der Waals surface area contributed by atoms with Gasteiger partial charge in [0.1, 0.15) is 5.82 Å². The van der Waals surface area contributed by atoms with Crippen LogP contribution in [0.15, 0.2) is 65.9 Å². The van der Waals surface area contributed by atoms with Gasteiger partial charge in [-0.3, -0.25) is 0 Å². The first kappa shape index (κ1) is 18.8. The summed E-state index contributed by atoms with van der Waals surface area (Å²) in [7, 11) is 1.89. The largest absolute Gasteiger partial charge is 0.351 e. The summed E-state index contributed by atoms with van der Waals surface area (Å²) in [5, 5.41) is 0.669. The van der Waals surface area contributed by atoms with Crippen molar-refractivity contribution in [1.29, 1.82) is 0 Å². The average Bonchev–Trinajstić information content (AvgIpc) is 2.53. The van der Waals surface area contributed by atoms with Gasteiger partial charge < -0.3 is 4.90 Å². The van der Waals surface area contributed by atoms with Crippen molar-refractivity contribution in [3.05, 3.63) is 87.9 Å². The van der Waals surface area contributed by atoms with Crippen LogP contribution in [0.5, 0.6) is 0 Å². The maximum absolute atomic E-state index is 13.6. The minimum atomic E-state index is -0.238. The molecule has 0 aromatic heterocycles. The Hall–Kier alpha value is -2.50. The summed E-state index contributed by atoms with van der Waals surface area (Å²) >= 11 is 5.99. The van der Waals surface area contributed by atoms with Gasteiger partial charge >= 0.3 is 0 Å². The lowest BCUT2D eigenvalue weighted by molar-refractivity contribution is 0.626. The Labute approximate surface area is 154 Å². The van der Waals surface area contributed by atoms with Crippen LogP contribution in [0.25, 0.3) is 0 Å². The Bertz CT molecular complexity index is 860. The SMILES string of the molecule is CC(C)=C(C#Cc1cccc(Cl)c1)/C=C\N(C)c1cc(C)cc(F)c1. The fourth-order valence-electron chi connectivity index (χ4n) is 2.23. The third kappa shape index (κ3) is 5.81. The maximum Gasteiger partial charge on any atom is 0.125 e. The van der Waals surface area contributed by atoms with E-state index >= 15 is 0 Å². The van der Waals surface area contributed by atoms with Gasteiger partial charge in [0.2, 0.25) is 0 Å². The number of halogens is 2. The molecular formula is C22H21ClFN. The highest BCUT2D eigenvalue weighted by Gasteiger charge is 2.01. The number of aryl methyl sites for hydroxylation is 1. The minimum Gasteiger partial charge on any atom is -0.351 e. The smallest absolute Gasteiger partial charge is 0.125 e. The standard InChI is InChI=1S/C22H21ClFN/c1-16(2)19(9-8-18-6-5-7-20(23)14-18)10-11-25(4)22-13-17(3)12-21(24)15-22/h5-7,10-15H,1-4H3/b11-10-. The van der Waals surface area contributed by atoms with Crippen LogP contribution in [0, 0.1) is 24.6 Å². The van der Waals surface area contributed by atoms with E-state index in [2.05, 4.69) is 11.8 Å². The summed E-state index contributed by atoms with van der Waals surface area (Å²) in [6.07, 6.45) is 3.83. The van der Waals surface area contributed by atoms with Crippen LogP contribution in [0.1, 0.15) is 25.0 Å². The first-order valence-electron chi connectivity index (χ1n) is 7.98. The molecule has 0 atom stereocenters. The molecule has 0 saturated carbocycles. The van der Waals surface area contributed by atoms with Crippen LogP contribution in [0.3, 0.4) is 0 Å². The normalized spacial score (nSPS) is 10.3. The van der Waals surface area contributed by atoms with Gasteiger partial charge in [-0.15, -0.1) is 0 Å². The fraction of sp³-hybridized carbons (Fsp3) is 0.182. The Balaban J connectivity index is 2.22. The lowest BCUT2D eigenvalue weighted by atomic mass is 10.1. The van der Waals surface area contributed by atoms with Crippen LogP contribution in [-0.2, 0) is 0 Å². The molecule has 0 bridgehead atoms. The van der Waals surface area contributed by atoms with Crippen molar-refractivity contribution in [3.63, 3.8) is 0 Å². The first-order valence-corrected chi connectivity index (χ1v) is 8.36. The first-order chi connectivity index (χ1) is 11.8. The van der Waals surface area contributed by atoms with Gasteiger partial charge in [-0.2, -0.15) is 0 Å². The molecule has 0 aliphatic heterocycles. The molecule has 25 heavy (non-hydrogen) atoms. The van der Waals surface area contributed by atoms with Crippen molar-refractivity contribution >= 4 is 17.3 Å². The molecule has 3 heteroatoms. The molecule has 2 rings (SSSR count). The zero-order valence-corrected chi connectivity index (χ0v) is 15.7. The van der Waals surface area contributed by atoms with E-state index in [-0.39, 0.29) is 5.82 Å². The molecule has 0 heterocycles. The molecule has 0 saturated heterocycles. The Morgan fingerprint density at radius 2 is 1.92 bits per heavy atom. The fourth-order valence-corrected chi connectivity index (χ4v) is 2.42. The van der Waals surface area contributed by atoms with Crippen molar-refractivity contribution in [2.24, 2.45) is 0 Å². The number of benzene rings is 2. The van der Waals surface area contributed by atoms with E-state index in [0.29, 0.717) is 5.02 Å². The quantitative estimate of drug-likeness (QED) is 0.474. The average molecular weight is 354 g/mol. The third-order valence-electron chi connectivity index (χ3n) is 3.60. The zero-order chi connectivity index (χ0) is 18.4. The molecule has 1 nitrogen and oxygen atoms in total. The topological polar surface area (TPSA) is 3.24 Å². The van der Waals surface area contributed by atoms with Crippen molar-refractivity contribution in [1.82, 2.24) is 0 Å². The van der Waals surface area contributed by atoms with E-state index in [1.54, 1.807) is 0 Å². The number of hydrogen-bond donors (Lipinski definition) is 0. The lowest BCUT2D eigenvalue weighted by Gasteiger charge is -2.15. The highest BCUT2D eigenvalue weighted by Crippen LogP contribution is 2.18. The van der Waals surface area contributed by atoms with E-state index < -0.39 is 0 Å². The van der Waals surface area contributed by atoms with Crippen molar-refractivity contribution in [3.8, 4) is 11.8 Å². The van der Waals surface area contributed by atoms with Gasteiger partial charge in [0.25, 0.3) is 0 Å². The summed E-state index contributed by atoms with van der Waals surface area (Å²) in [5.41, 5.74) is 4.58. The minimum absolute atomic E-state index is 0.238. The second-order valence-corrected chi connectivity index (χ2v) is 6.52. The highest BCUT2D eigenvalue weighted by atomic mass is 35.5. The molecule has 0 unspecified atom stereocenters. The number of nitrogens with zero attached hydrogens (tertiary/aromatic N) is 1. The van der Waals surface area contributed by atoms with Crippen LogP contribution in [0.2, 0.25) is 5.02 Å². The molecule has 2 aromatic carbocycles. The summed E-state index contributed by atoms with van der Waals surface area (Å²) in [4.78, 5) is 1.88. The molecule has 0 fully saturated rings.